The standard InChI is InChI=1S/C20H19N3O5/c1-12-9-14(11-27-13-5-3-2-4-6-13)28-18(12)19(24)23-8-7-15-16(10-23)21-22-17(15)20(25)26/h2-6,9H,7-8,10-11H2,1H3,(H,21,22)(H,25,26). The van der Waals surface area contributed by atoms with Crippen molar-refractivity contribution in [1.82, 2.24) is 15.1 Å². The van der Waals surface area contributed by atoms with Crippen LogP contribution in [-0.2, 0) is 19.6 Å². The van der Waals surface area contributed by atoms with Crippen LogP contribution in [0.1, 0.15) is 43.6 Å². The van der Waals surface area contributed by atoms with E-state index in [-0.39, 0.29) is 30.5 Å². The molecule has 0 fully saturated rings. The molecule has 2 N–H and O–H groups in total. The molecule has 1 amide bonds. The monoisotopic (exact) mass is 381 g/mol. The number of aromatic amines is 1. The molecule has 0 saturated carbocycles. The molecule has 0 aliphatic carbocycles. The number of furan rings is 1. The first-order valence-corrected chi connectivity index (χ1v) is 8.88. The molecule has 8 nitrogen and oxygen atoms in total. The number of fused-ring (bicyclic) bond motifs is 1. The zero-order chi connectivity index (χ0) is 19.7. The van der Waals surface area contributed by atoms with Gasteiger partial charge in [0.05, 0.1) is 12.2 Å². The van der Waals surface area contributed by atoms with Gasteiger partial charge in [-0.05, 0) is 31.5 Å². The van der Waals surface area contributed by atoms with Crippen LogP contribution in [0.5, 0.6) is 5.75 Å². The maximum Gasteiger partial charge on any atom is 0.356 e. The number of benzene rings is 1. The number of hydrogen-bond acceptors (Lipinski definition) is 5. The molecular formula is C20H19N3O5. The molecule has 1 aliphatic rings. The minimum Gasteiger partial charge on any atom is -0.486 e. The number of aryl methyl sites for hydroxylation is 1. The van der Waals surface area contributed by atoms with Crippen molar-refractivity contribution in [3.8, 4) is 5.75 Å². The zero-order valence-electron chi connectivity index (χ0n) is 15.3. The summed E-state index contributed by atoms with van der Waals surface area (Å²) in [5, 5.41) is 15.7. The molecule has 0 unspecified atom stereocenters. The number of nitrogens with one attached hydrogen (secondary N) is 1. The molecule has 4 rings (SSSR count). The highest BCUT2D eigenvalue weighted by Crippen LogP contribution is 2.24. The second-order valence-electron chi connectivity index (χ2n) is 6.64. The van der Waals surface area contributed by atoms with Crippen molar-refractivity contribution in [1.29, 1.82) is 0 Å². The third-order valence-corrected chi connectivity index (χ3v) is 4.71. The topological polar surface area (TPSA) is 109 Å². The second-order valence-corrected chi connectivity index (χ2v) is 6.64. The molecule has 1 aliphatic heterocycles. The van der Waals surface area contributed by atoms with Crippen molar-refractivity contribution in [3.05, 3.63) is 70.4 Å². The molecule has 0 atom stereocenters. The largest absolute Gasteiger partial charge is 0.486 e. The molecule has 0 bridgehead atoms. The Labute approximate surface area is 160 Å². The number of H-pyrrole nitrogens is 1. The number of amides is 1. The highest BCUT2D eigenvalue weighted by molar-refractivity contribution is 5.93. The van der Waals surface area contributed by atoms with Crippen LogP contribution in [0.25, 0.3) is 0 Å². The van der Waals surface area contributed by atoms with Gasteiger partial charge in [0, 0.05) is 17.7 Å². The number of aromatic nitrogens is 2. The Kier molecular flexibility index (Phi) is 4.60. The summed E-state index contributed by atoms with van der Waals surface area (Å²) in [5.74, 6) is 0.259. The predicted molar refractivity (Wildman–Crippen MR) is 98.2 cm³/mol. The van der Waals surface area contributed by atoms with Gasteiger partial charge >= 0.3 is 5.97 Å². The summed E-state index contributed by atoms with van der Waals surface area (Å²) in [4.78, 5) is 25.7. The van der Waals surface area contributed by atoms with Crippen LogP contribution < -0.4 is 4.74 Å². The Morgan fingerprint density at radius 3 is 2.86 bits per heavy atom. The molecule has 3 heterocycles. The number of ether oxygens (including phenoxy) is 1. The average Bonchev–Trinajstić information content (AvgIpc) is 3.29. The molecule has 8 heteroatoms. The van der Waals surface area contributed by atoms with Crippen LogP contribution >= 0.6 is 0 Å². The maximum atomic E-state index is 12.9. The van der Waals surface area contributed by atoms with Crippen LogP contribution in [0.4, 0.5) is 0 Å². The van der Waals surface area contributed by atoms with Crippen molar-refractivity contribution in [2.75, 3.05) is 6.54 Å². The number of carbonyl (C=O) groups excluding carboxylic acids is 1. The van der Waals surface area contributed by atoms with Crippen LogP contribution in [0.15, 0.2) is 40.8 Å². The Hall–Kier alpha value is -3.55. The van der Waals surface area contributed by atoms with Gasteiger partial charge in [0.15, 0.2) is 11.5 Å². The van der Waals surface area contributed by atoms with Crippen molar-refractivity contribution in [3.63, 3.8) is 0 Å². The molecular weight excluding hydrogens is 362 g/mol. The number of rotatable bonds is 5. The van der Waals surface area contributed by atoms with Gasteiger partial charge in [-0.15, -0.1) is 0 Å². The minimum absolute atomic E-state index is 0.0247. The number of nitrogens with zero attached hydrogens (tertiary/aromatic N) is 2. The average molecular weight is 381 g/mol. The van der Waals surface area contributed by atoms with E-state index >= 15 is 0 Å². The van der Waals surface area contributed by atoms with Gasteiger partial charge in [0.1, 0.15) is 18.1 Å². The Bertz CT molecular complexity index is 1020. The molecule has 0 saturated heterocycles. The van der Waals surface area contributed by atoms with Gasteiger partial charge in [-0.2, -0.15) is 5.10 Å². The Morgan fingerprint density at radius 1 is 1.32 bits per heavy atom. The lowest BCUT2D eigenvalue weighted by atomic mass is 10.0. The fourth-order valence-corrected chi connectivity index (χ4v) is 3.31. The lowest BCUT2D eigenvalue weighted by Crippen LogP contribution is -2.36. The summed E-state index contributed by atoms with van der Waals surface area (Å²) in [7, 11) is 0. The molecule has 3 aromatic rings. The van der Waals surface area contributed by atoms with E-state index in [9.17, 15) is 9.59 Å². The fourth-order valence-electron chi connectivity index (χ4n) is 3.31. The summed E-state index contributed by atoms with van der Waals surface area (Å²) in [6.07, 6.45) is 0.433. The van der Waals surface area contributed by atoms with Gasteiger partial charge in [-0.1, -0.05) is 18.2 Å². The minimum atomic E-state index is -1.07. The highest BCUT2D eigenvalue weighted by atomic mass is 16.5. The van der Waals surface area contributed by atoms with Gasteiger partial charge in [0.2, 0.25) is 0 Å². The Morgan fingerprint density at radius 2 is 2.11 bits per heavy atom. The second kappa shape index (κ2) is 7.22. The van der Waals surface area contributed by atoms with E-state index in [1.807, 2.05) is 37.3 Å². The molecule has 144 valence electrons. The van der Waals surface area contributed by atoms with Gasteiger partial charge < -0.3 is 19.2 Å². The first-order valence-electron chi connectivity index (χ1n) is 8.88. The summed E-state index contributed by atoms with van der Waals surface area (Å²) in [6, 6.07) is 11.2. The van der Waals surface area contributed by atoms with Gasteiger partial charge in [-0.25, -0.2) is 4.79 Å². The first-order chi connectivity index (χ1) is 13.5. The van der Waals surface area contributed by atoms with Crippen LogP contribution in [0.3, 0.4) is 0 Å². The lowest BCUT2D eigenvalue weighted by molar-refractivity contribution is 0.0687. The quantitative estimate of drug-likeness (QED) is 0.703. The number of aromatic carboxylic acids is 1. The van der Waals surface area contributed by atoms with Crippen LogP contribution in [0, 0.1) is 6.92 Å². The van der Waals surface area contributed by atoms with E-state index in [2.05, 4.69) is 10.2 Å². The van der Waals surface area contributed by atoms with E-state index in [1.165, 1.54) is 0 Å². The molecule has 28 heavy (non-hydrogen) atoms. The van der Waals surface area contributed by atoms with Crippen LogP contribution in [0.2, 0.25) is 0 Å². The van der Waals surface area contributed by atoms with E-state index in [4.69, 9.17) is 14.3 Å². The fraction of sp³-hybridized carbons (Fsp3) is 0.250. The summed E-state index contributed by atoms with van der Waals surface area (Å²) >= 11 is 0. The van der Waals surface area contributed by atoms with Gasteiger partial charge in [-0.3, -0.25) is 9.89 Å². The summed E-state index contributed by atoms with van der Waals surface area (Å²) < 4.78 is 11.4. The van der Waals surface area contributed by atoms with Gasteiger partial charge in [0.25, 0.3) is 5.91 Å². The Balaban J connectivity index is 1.46. The van der Waals surface area contributed by atoms with E-state index in [0.717, 1.165) is 11.3 Å². The third kappa shape index (κ3) is 3.36. The van der Waals surface area contributed by atoms with Crippen molar-refractivity contribution < 1.29 is 23.8 Å². The summed E-state index contributed by atoms with van der Waals surface area (Å²) in [6.45, 7) is 2.72. The van der Waals surface area contributed by atoms with E-state index in [0.29, 0.717) is 30.0 Å². The number of para-hydroxylation sites is 1. The van der Waals surface area contributed by atoms with Crippen molar-refractivity contribution in [2.45, 2.75) is 26.5 Å². The number of carboxylic acid groups (broad SMARTS) is 1. The predicted octanol–water partition coefficient (Wildman–Crippen LogP) is 2.79. The number of carboxylic acids is 1. The zero-order valence-corrected chi connectivity index (χ0v) is 15.3. The SMILES string of the molecule is Cc1cc(COc2ccccc2)oc1C(=O)N1CCc2c(C(=O)O)n[nH]c2C1. The van der Waals surface area contributed by atoms with E-state index < -0.39 is 5.97 Å². The van der Waals surface area contributed by atoms with Crippen LogP contribution in [-0.4, -0.2) is 38.6 Å². The van der Waals surface area contributed by atoms with Crippen molar-refractivity contribution >= 4 is 11.9 Å². The van der Waals surface area contributed by atoms with Crippen molar-refractivity contribution in [2.24, 2.45) is 0 Å². The normalized spacial score (nSPS) is 13.2. The third-order valence-electron chi connectivity index (χ3n) is 4.71. The highest BCUT2D eigenvalue weighted by Gasteiger charge is 2.30. The smallest absolute Gasteiger partial charge is 0.356 e. The number of carbonyl (C=O) groups is 2. The summed E-state index contributed by atoms with van der Waals surface area (Å²) in [5.41, 5.74) is 2.06. The van der Waals surface area contributed by atoms with E-state index in [1.54, 1.807) is 11.0 Å². The molecule has 1 aromatic carbocycles. The molecule has 0 spiro atoms. The lowest BCUT2D eigenvalue weighted by Gasteiger charge is -2.26. The first kappa shape index (κ1) is 17.8. The maximum absolute atomic E-state index is 12.9. The molecule has 0 radical (unpaired) electrons. The molecule has 2 aromatic heterocycles. The number of hydrogen-bond donors (Lipinski definition) is 2.